The number of benzene rings is 2. The highest BCUT2D eigenvalue weighted by Gasteiger charge is 2.13. The summed E-state index contributed by atoms with van der Waals surface area (Å²) in [6, 6.07) is 13.9. The van der Waals surface area contributed by atoms with Gasteiger partial charge < -0.3 is 14.4 Å². The number of carboxylic acid groups (broad SMARTS) is 1. The van der Waals surface area contributed by atoms with E-state index in [1.807, 2.05) is 30.3 Å². The second kappa shape index (κ2) is 6.41. The molecule has 0 spiro atoms. The zero-order valence-electron chi connectivity index (χ0n) is 12.9. The average Bonchev–Trinajstić information content (AvgIpc) is 2.89. The number of nitrogens with zero attached hydrogens (tertiary/aromatic N) is 2. The van der Waals surface area contributed by atoms with E-state index in [1.165, 1.54) is 12.1 Å². The zero-order chi connectivity index (χ0) is 17.1. The fraction of sp³-hybridized carbons (Fsp3) is 0.118. The van der Waals surface area contributed by atoms with Gasteiger partial charge in [0.2, 0.25) is 5.95 Å². The van der Waals surface area contributed by atoms with Crippen LogP contribution >= 0.6 is 0 Å². The van der Waals surface area contributed by atoms with Gasteiger partial charge in [0.05, 0.1) is 16.6 Å². The Labute approximate surface area is 137 Å². The first-order chi connectivity index (χ1) is 11.5. The number of imidazole rings is 1. The smallest absolute Gasteiger partial charge is 0.414 e. The molecule has 0 saturated heterocycles. The Hall–Kier alpha value is -3.35. The van der Waals surface area contributed by atoms with Crippen LogP contribution < -0.4 is 5.32 Å². The lowest BCUT2D eigenvalue weighted by Crippen LogP contribution is -2.16. The van der Waals surface area contributed by atoms with Crippen LogP contribution in [0.5, 0.6) is 0 Å². The summed E-state index contributed by atoms with van der Waals surface area (Å²) in [7, 11) is 1.72. The van der Waals surface area contributed by atoms with Crippen LogP contribution in [0.2, 0.25) is 0 Å². The van der Waals surface area contributed by atoms with Gasteiger partial charge in [-0.25, -0.2) is 14.6 Å². The van der Waals surface area contributed by atoms with Crippen molar-refractivity contribution in [2.75, 3.05) is 5.32 Å². The lowest BCUT2D eigenvalue weighted by Gasteiger charge is -2.06. The monoisotopic (exact) mass is 325 g/mol. The number of fused-ring (bicyclic) bond motifs is 1. The molecule has 2 N–H and O–H groups in total. The van der Waals surface area contributed by atoms with Gasteiger partial charge in [0, 0.05) is 7.05 Å². The van der Waals surface area contributed by atoms with E-state index < -0.39 is 12.1 Å². The number of carbonyl (C=O) groups excluding carboxylic acids is 1. The molecule has 3 rings (SSSR count). The first-order valence-corrected chi connectivity index (χ1v) is 7.22. The third kappa shape index (κ3) is 3.19. The number of aryl methyl sites for hydroxylation is 1. The van der Waals surface area contributed by atoms with Gasteiger partial charge in [-0.15, -0.1) is 0 Å². The second-order valence-corrected chi connectivity index (χ2v) is 5.19. The molecule has 122 valence electrons. The number of aromatic carboxylic acids is 1. The topological polar surface area (TPSA) is 93.5 Å². The van der Waals surface area contributed by atoms with E-state index in [4.69, 9.17) is 9.84 Å². The Morgan fingerprint density at radius 1 is 1.21 bits per heavy atom. The van der Waals surface area contributed by atoms with Crippen molar-refractivity contribution in [2.24, 2.45) is 7.05 Å². The van der Waals surface area contributed by atoms with Crippen LogP contribution in [0.25, 0.3) is 11.0 Å². The van der Waals surface area contributed by atoms with Crippen LogP contribution in [0, 0.1) is 0 Å². The molecule has 7 heteroatoms. The van der Waals surface area contributed by atoms with E-state index in [-0.39, 0.29) is 18.1 Å². The minimum Gasteiger partial charge on any atom is -0.478 e. The molecule has 1 amide bonds. The molecular formula is C17H15N3O4. The zero-order valence-corrected chi connectivity index (χ0v) is 12.9. The van der Waals surface area contributed by atoms with Crippen molar-refractivity contribution in [1.82, 2.24) is 9.55 Å². The van der Waals surface area contributed by atoms with Gasteiger partial charge in [-0.05, 0) is 23.8 Å². The van der Waals surface area contributed by atoms with E-state index in [0.717, 1.165) is 5.56 Å². The largest absolute Gasteiger partial charge is 0.478 e. The molecule has 7 nitrogen and oxygen atoms in total. The molecule has 0 radical (unpaired) electrons. The lowest BCUT2D eigenvalue weighted by molar-refractivity contribution is 0.0697. The molecule has 0 bridgehead atoms. The Kier molecular flexibility index (Phi) is 4.15. The first-order valence-electron chi connectivity index (χ1n) is 7.22. The summed E-state index contributed by atoms with van der Waals surface area (Å²) < 4.78 is 6.80. The molecule has 0 fully saturated rings. The van der Waals surface area contributed by atoms with Gasteiger partial charge in [0.1, 0.15) is 6.61 Å². The van der Waals surface area contributed by atoms with Gasteiger partial charge in [-0.1, -0.05) is 30.3 Å². The standard InChI is InChI=1S/C17H15N3O4/c1-20-14-8-7-12(15(21)22)9-13(14)18-16(20)19-17(23)24-10-11-5-3-2-4-6-11/h2-9H,10H2,1H3,(H,21,22)(H,18,19,23). The van der Waals surface area contributed by atoms with E-state index in [0.29, 0.717) is 11.0 Å². The number of hydrogen-bond acceptors (Lipinski definition) is 4. The van der Waals surface area contributed by atoms with Crippen molar-refractivity contribution in [2.45, 2.75) is 6.61 Å². The maximum absolute atomic E-state index is 11.9. The number of ether oxygens (including phenoxy) is 1. The highest BCUT2D eigenvalue weighted by Crippen LogP contribution is 2.20. The number of aromatic nitrogens is 2. The number of carboxylic acids is 1. The number of carbonyl (C=O) groups is 2. The van der Waals surface area contributed by atoms with Crippen LogP contribution in [-0.4, -0.2) is 26.7 Å². The summed E-state index contributed by atoms with van der Waals surface area (Å²) in [4.78, 5) is 27.2. The van der Waals surface area contributed by atoms with Gasteiger partial charge in [0.25, 0.3) is 0 Å². The molecule has 0 atom stereocenters. The summed E-state index contributed by atoms with van der Waals surface area (Å²) in [6.07, 6.45) is -0.629. The molecule has 2 aromatic carbocycles. The van der Waals surface area contributed by atoms with Crippen molar-refractivity contribution in [3.05, 3.63) is 59.7 Å². The van der Waals surface area contributed by atoms with Crippen molar-refractivity contribution < 1.29 is 19.4 Å². The second-order valence-electron chi connectivity index (χ2n) is 5.19. The number of anilines is 1. The SMILES string of the molecule is Cn1c(NC(=O)OCc2ccccc2)nc2cc(C(=O)O)ccc21. The molecule has 0 aliphatic carbocycles. The van der Waals surface area contributed by atoms with Crippen LogP contribution in [0.3, 0.4) is 0 Å². The molecular weight excluding hydrogens is 310 g/mol. The average molecular weight is 325 g/mol. The first kappa shape index (κ1) is 15.5. The summed E-state index contributed by atoms with van der Waals surface area (Å²) >= 11 is 0. The Morgan fingerprint density at radius 3 is 2.67 bits per heavy atom. The highest BCUT2D eigenvalue weighted by molar-refractivity contribution is 5.94. The Morgan fingerprint density at radius 2 is 1.96 bits per heavy atom. The number of nitrogens with one attached hydrogen (secondary N) is 1. The number of hydrogen-bond donors (Lipinski definition) is 2. The summed E-state index contributed by atoms with van der Waals surface area (Å²) in [5.74, 6) is -0.745. The third-order valence-electron chi connectivity index (χ3n) is 3.55. The van der Waals surface area contributed by atoms with E-state index >= 15 is 0 Å². The van der Waals surface area contributed by atoms with Crippen molar-refractivity contribution in [1.29, 1.82) is 0 Å². The lowest BCUT2D eigenvalue weighted by atomic mass is 10.2. The van der Waals surface area contributed by atoms with Crippen LogP contribution in [0.4, 0.5) is 10.7 Å². The van der Waals surface area contributed by atoms with Crippen LogP contribution in [-0.2, 0) is 18.4 Å². The summed E-state index contributed by atoms with van der Waals surface area (Å²) in [5, 5.41) is 11.6. The van der Waals surface area contributed by atoms with E-state index in [2.05, 4.69) is 10.3 Å². The summed E-state index contributed by atoms with van der Waals surface area (Å²) in [5.41, 5.74) is 2.21. The van der Waals surface area contributed by atoms with Crippen LogP contribution in [0.15, 0.2) is 48.5 Å². The van der Waals surface area contributed by atoms with Crippen LogP contribution in [0.1, 0.15) is 15.9 Å². The van der Waals surface area contributed by atoms with Crippen molar-refractivity contribution in [3.63, 3.8) is 0 Å². The summed E-state index contributed by atoms with van der Waals surface area (Å²) in [6.45, 7) is 0.153. The minimum absolute atomic E-state index is 0.138. The normalized spacial score (nSPS) is 10.5. The van der Waals surface area contributed by atoms with Crippen molar-refractivity contribution in [3.8, 4) is 0 Å². The van der Waals surface area contributed by atoms with Gasteiger partial charge in [0.15, 0.2) is 0 Å². The number of amides is 1. The fourth-order valence-electron chi connectivity index (χ4n) is 2.30. The minimum atomic E-state index is -1.03. The molecule has 0 unspecified atom stereocenters. The van der Waals surface area contributed by atoms with Gasteiger partial charge in [-0.3, -0.25) is 5.32 Å². The van der Waals surface area contributed by atoms with E-state index in [1.54, 1.807) is 17.7 Å². The maximum atomic E-state index is 11.9. The van der Waals surface area contributed by atoms with Crippen molar-refractivity contribution >= 4 is 29.0 Å². The molecule has 3 aromatic rings. The predicted molar refractivity (Wildman–Crippen MR) is 87.9 cm³/mol. The predicted octanol–water partition coefficient (Wildman–Crippen LogP) is 3.02. The number of rotatable bonds is 4. The molecule has 1 heterocycles. The Bertz CT molecular complexity index is 903. The Balaban J connectivity index is 1.73. The van der Waals surface area contributed by atoms with E-state index in [9.17, 15) is 9.59 Å². The molecule has 0 aliphatic heterocycles. The van der Waals surface area contributed by atoms with Gasteiger partial charge >= 0.3 is 12.1 Å². The molecule has 1 aromatic heterocycles. The fourth-order valence-corrected chi connectivity index (χ4v) is 2.30. The maximum Gasteiger partial charge on any atom is 0.414 e. The molecule has 0 aliphatic rings. The molecule has 24 heavy (non-hydrogen) atoms. The quantitative estimate of drug-likeness (QED) is 0.769. The third-order valence-corrected chi connectivity index (χ3v) is 3.55. The molecule has 0 saturated carbocycles. The van der Waals surface area contributed by atoms with Gasteiger partial charge in [-0.2, -0.15) is 0 Å². The highest BCUT2D eigenvalue weighted by atomic mass is 16.5.